The summed E-state index contributed by atoms with van der Waals surface area (Å²) in [6.45, 7) is 0. The normalized spacial score (nSPS) is 14.4. The molecule has 0 aliphatic heterocycles. The SMILES string of the molecule is [2H]c1c([2H])c(Br)c([2H])c(C(=O)OC)c1[2H]. The van der Waals surface area contributed by atoms with Crippen LogP contribution < -0.4 is 0 Å². The number of carbonyl (C=O) groups is 1. The molecule has 58 valence electrons. The molecule has 0 saturated carbocycles. The molecule has 0 N–H and O–H groups in total. The maximum absolute atomic E-state index is 11.2. The standard InChI is InChI=1S/C8H7BrO2/c1-11-8(10)6-3-2-4-7(9)5-6/h2-5H,1H3/i2D,3D,4D,5D. The Bertz CT molecular complexity index is 404. The van der Waals surface area contributed by atoms with Crippen LogP contribution in [0.5, 0.6) is 0 Å². The third-order valence-corrected chi connectivity index (χ3v) is 1.38. The predicted molar refractivity (Wildman–Crippen MR) is 45.5 cm³/mol. The van der Waals surface area contributed by atoms with Gasteiger partial charge < -0.3 is 4.74 Å². The fraction of sp³-hybridized carbons (Fsp3) is 0.125. The lowest BCUT2D eigenvalue weighted by molar-refractivity contribution is 0.0600. The molecular formula is C8H7BrO2. The van der Waals surface area contributed by atoms with Crippen LogP contribution in [-0.4, -0.2) is 13.1 Å². The molecule has 2 nitrogen and oxygen atoms in total. The van der Waals surface area contributed by atoms with Crippen molar-refractivity contribution in [2.24, 2.45) is 0 Å². The largest absolute Gasteiger partial charge is 0.465 e. The van der Waals surface area contributed by atoms with Crippen molar-refractivity contribution in [3.8, 4) is 0 Å². The summed E-state index contributed by atoms with van der Waals surface area (Å²) >= 11 is 2.93. The average molecular weight is 219 g/mol. The van der Waals surface area contributed by atoms with Crippen molar-refractivity contribution in [3.05, 3.63) is 34.2 Å². The molecule has 0 heterocycles. The van der Waals surface area contributed by atoms with E-state index in [1.54, 1.807) is 0 Å². The Labute approximate surface area is 78.9 Å². The highest BCUT2D eigenvalue weighted by atomic mass is 79.9. The summed E-state index contributed by atoms with van der Waals surface area (Å²) in [5, 5.41) is 0. The zero-order valence-electron chi connectivity index (χ0n) is 9.69. The van der Waals surface area contributed by atoms with Crippen LogP contribution >= 0.6 is 15.9 Å². The molecule has 0 unspecified atom stereocenters. The van der Waals surface area contributed by atoms with Crippen LogP contribution in [0.2, 0.25) is 0 Å². The summed E-state index contributed by atoms with van der Waals surface area (Å²) in [5.74, 6) is -0.848. The number of halogens is 1. The second-order valence-electron chi connectivity index (χ2n) is 1.68. The van der Waals surface area contributed by atoms with Gasteiger partial charge in [-0.3, -0.25) is 0 Å². The van der Waals surface area contributed by atoms with Gasteiger partial charge in [0.2, 0.25) is 0 Å². The van der Waals surface area contributed by atoms with E-state index in [2.05, 4.69) is 20.7 Å². The Morgan fingerprint density at radius 1 is 1.73 bits per heavy atom. The van der Waals surface area contributed by atoms with Gasteiger partial charge in [0.1, 0.15) is 0 Å². The summed E-state index contributed by atoms with van der Waals surface area (Å²) in [6.07, 6.45) is 0. The zero-order chi connectivity index (χ0) is 11.7. The monoisotopic (exact) mass is 218 g/mol. The molecule has 3 heteroatoms. The Balaban J connectivity index is 3.60. The number of ether oxygens (including phenoxy) is 1. The number of benzene rings is 1. The molecule has 0 saturated heterocycles. The number of hydrogen-bond acceptors (Lipinski definition) is 2. The van der Waals surface area contributed by atoms with Gasteiger partial charge in [-0.15, -0.1) is 0 Å². The van der Waals surface area contributed by atoms with E-state index < -0.39 is 18.1 Å². The molecular weight excluding hydrogens is 208 g/mol. The van der Waals surface area contributed by atoms with Gasteiger partial charge in [-0.25, -0.2) is 4.79 Å². The lowest BCUT2D eigenvalue weighted by Gasteiger charge is -1.97. The van der Waals surface area contributed by atoms with E-state index in [9.17, 15) is 4.79 Å². The minimum Gasteiger partial charge on any atom is -0.465 e. The van der Waals surface area contributed by atoms with Gasteiger partial charge in [0, 0.05) is 4.47 Å². The molecule has 0 atom stereocenters. The first-order chi connectivity index (χ1) is 6.91. The van der Waals surface area contributed by atoms with Crippen molar-refractivity contribution in [2.45, 2.75) is 0 Å². The first-order valence-electron chi connectivity index (χ1n) is 4.76. The smallest absolute Gasteiger partial charge is 0.337 e. The van der Waals surface area contributed by atoms with Crippen LogP contribution in [0.4, 0.5) is 0 Å². The van der Waals surface area contributed by atoms with E-state index in [1.165, 1.54) is 0 Å². The van der Waals surface area contributed by atoms with Crippen molar-refractivity contribution < 1.29 is 15.0 Å². The Morgan fingerprint density at radius 3 is 3.09 bits per heavy atom. The molecule has 0 aromatic heterocycles. The van der Waals surface area contributed by atoms with Crippen molar-refractivity contribution in [1.82, 2.24) is 0 Å². The van der Waals surface area contributed by atoms with Gasteiger partial charge in [-0.05, 0) is 18.1 Å². The molecule has 0 fully saturated rings. The van der Waals surface area contributed by atoms with Crippen LogP contribution in [0.3, 0.4) is 0 Å². The van der Waals surface area contributed by atoms with Gasteiger partial charge in [0.25, 0.3) is 0 Å². The number of rotatable bonds is 1. The van der Waals surface area contributed by atoms with Gasteiger partial charge in [-0.1, -0.05) is 22.0 Å². The maximum Gasteiger partial charge on any atom is 0.337 e. The fourth-order valence-corrected chi connectivity index (χ4v) is 0.822. The summed E-state index contributed by atoms with van der Waals surface area (Å²) < 4.78 is 34.2. The molecule has 0 spiro atoms. The highest BCUT2D eigenvalue weighted by Gasteiger charge is 2.03. The number of esters is 1. The van der Waals surface area contributed by atoms with Crippen LogP contribution in [0.25, 0.3) is 0 Å². The van der Waals surface area contributed by atoms with E-state index >= 15 is 0 Å². The quantitative estimate of drug-likeness (QED) is 0.677. The summed E-state index contributed by atoms with van der Waals surface area (Å²) in [7, 11) is 1.13. The predicted octanol–water partition coefficient (Wildman–Crippen LogP) is 2.24. The Kier molecular flexibility index (Phi) is 1.37. The van der Waals surface area contributed by atoms with Crippen LogP contribution in [0.15, 0.2) is 28.6 Å². The van der Waals surface area contributed by atoms with E-state index in [-0.39, 0.29) is 22.1 Å². The molecule has 1 aromatic carbocycles. The molecule has 0 bridgehead atoms. The average Bonchev–Trinajstić information content (AvgIpc) is 2.23. The van der Waals surface area contributed by atoms with E-state index in [1.807, 2.05) is 0 Å². The van der Waals surface area contributed by atoms with Gasteiger partial charge >= 0.3 is 5.97 Å². The summed E-state index contributed by atoms with van der Waals surface area (Å²) in [5.41, 5.74) is -0.301. The third kappa shape index (κ3) is 2.05. The van der Waals surface area contributed by atoms with Crippen molar-refractivity contribution in [2.75, 3.05) is 7.11 Å². The van der Waals surface area contributed by atoms with E-state index in [0.29, 0.717) is 0 Å². The van der Waals surface area contributed by atoms with Crippen molar-refractivity contribution in [3.63, 3.8) is 0 Å². The zero-order valence-corrected chi connectivity index (χ0v) is 7.28. The lowest BCUT2D eigenvalue weighted by Crippen LogP contribution is -2.00. The first-order valence-corrected chi connectivity index (χ1v) is 3.55. The molecule has 11 heavy (non-hydrogen) atoms. The van der Waals surface area contributed by atoms with Gasteiger partial charge in [-0.2, -0.15) is 0 Å². The topological polar surface area (TPSA) is 26.3 Å². The van der Waals surface area contributed by atoms with Crippen molar-refractivity contribution in [1.29, 1.82) is 0 Å². The van der Waals surface area contributed by atoms with E-state index in [0.717, 1.165) is 7.11 Å². The molecule has 0 radical (unpaired) electrons. The number of hydrogen-bond donors (Lipinski definition) is 0. The minimum atomic E-state index is -0.848. The number of carbonyl (C=O) groups excluding carboxylic acids is 1. The van der Waals surface area contributed by atoms with E-state index in [4.69, 9.17) is 5.48 Å². The second-order valence-corrected chi connectivity index (χ2v) is 2.47. The highest BCUT2D eigenvalue weighted by Crippen LogP contribution is 2.11. The Hall–Kier alpha value is -0.830. The lowest BCUT2D eigenvalue weighted by atomic mass is 10.2. The van der Waals surface area contributed by atoms with Crippen LogP contribution in [0.1, 0.15) is 15.8 Å². The molecule has 0 aliphatic rings. The van der Waals surface area contributed by atoms with Crippen LogP contribution in [-0.2, 0) is 4.74 Å². The molecule has 0 aliphatic carbocycles. The van der Waals surface area contributed by atoms with Crippen LogP contribution in [0, 0.1) is 0 Å². The van der Waals surface area contributed by atoms with Gasteiger partial charge in [0.15, 0.2) is 0 Å². The minimum absolute atomic E-state index is 0.0175. The first kappa shape index (κ1) is 4.26. The maximum atomic E-state index is 11.2. The fourth-order valence-electron chi connectivity index (χ4n) is 0.525. The van der Waals surface area contributed by atoms with Gasteiger partial charge in [0.05, 0.1) is 18.2 Å². The second kappa shape index (κ2) is 3.53. The molecule has 0 amide bonds. The summed E-state index contributed by atoms with van der Waals surface area (Å²) in [6, 6.07) is -1.44. The number of methoxy groups -OCH3 is 1. The highest BCUT2D eigenvalue weighted by molar-refractivity contribution is 9.10. The molecule has 1 aromatic rings. The summed E-state index contributed by atoms with van der Waals surface area (Å²) in [4.78, 5) is 11.2. The molecule has 1 rings (SSSR count). The Morgan fingerprint density at radius 2 is 2.45 bits per heavy atom. The third-order valence-electron chi connectivity index (χ3n) is 0.984. The van der Waals surface area contributed by atoms with Crippen molar-refractivity contribution >= 4 is 21.9 Å².